The third-order valence-electron chi connectivity index (χ3n) is 3.91. The van der Waals surface area contributed by atoms with Gasteiger partial charge in [-0.15, -0.1) is 0 Å². The number of rotatable bonds is 6. The largest absolute Gasteiger partial charge is 0.450 e. The van der Waals surface area contributed by atoms with Crippen molar-refractivity contribution >= 4 is 17.7 Å². The number of carbonyl (C=O) groups is 2. The fourth-order valence-corrected chi connectivity index (χ4v) is 2.61. The molecule has 0 saturated carbocycles. The van der Waals surface area contributed by atoms with Gasteiger partial charge in [-0.25, -0.2) is 9.18 Å². The molecular formula is C17H24FN3O3. The van der Waals surface area contributed by atoms with E-state index in [-0.39, 0.29) is 23.9 Å². The highest BCUT2D eigenvalue weighted by Crippen LogP contribution is 2.12. The Morgan fingerprint density at radius 1 is 1.25 bits per heavy atom. The normalized spacial score (nSPS) is 15.0. The van der Waals surface area contributed by atoms with Gasteiger partial charge in [-0.3, -0.25) is 4.79 Å². The van der Waals surface area contributed by atoms with E-state index < -0.39 is 0 Å². The quantitative estimate of drug-likeness (QED) is 0.836. The lowest BCUT2D eigenvalue weighted by Crippen LogP contribution is -2.46. The molecule has 0 atom stereocenters. The van der Waals surface area contributed by atoms with Crippen LogP contribution in [0.1, 0.15) is 26.2 Å². The SMILES string of the molecule is CCOC(=O)N1CCC(NC(=O)CCNc2ccc(F)cc2)CC1. The number of carbonyl (C=O) groups excluding carboxylic acids is 2. The smallest absolute Gasteiger partial charge is 0.409 e. The van der Waals surface area contributed by atoms with E-state index in [1.807, 2.05) is 0 Å². The Balaban J connectivity index is 1.63. The molecule has 1 fully saturated rings. The third-order valence-corrected chi connectivity index (χ3v) is 3.91. The second kappa shape index (κ2) is 9.10. The molecule has 2 amide bonds. The van der Waals surface area contributed by atoms with Crippen LogP contribution in [0.5, 0.6) is 0 Å². The minimum atomic E-state index is -0.286. The molecule has 132 valence electrons. The minimum Gasteiger partial charge on any atom is -0.450 e. The number of nitrogens with one attached hydrogen (secondary N) is 2. The molecule has 1 aliphatic heterocycles. The number of halogens is 1. The zero-order valence-corrected chi connectivity index (χ0v) is 13.9. The standard InChI is InChI=1S/C17H24FN3O3/c1-2-24-17(23)21-11-8-15(9-12-21)20-16(22)7-10-19-14-5-3-13(18)4-6-14/h3-6,15,19H,2,7-12H2,1H3,(H,20,22). The Kier molecular flexibility index (Phi) is 6.84. The molecule has 6 nitrogen and oxygen atoms in total. The lowest BCUT2D eigenvalue weighted by molar-refractivity contribution is -0.121. The molecule has 0 spiro atoms. The van der Waals surface area contributed by atoms with Gasteiger partial charge in [0, 0.05) is 37.8 Å². The van der Waals surface area contributed by atoms with Crippen molar-refractivity contribution in [3.05, 3.63) is 30.1 Å². The Hall–Kier alpha value is -2.31. The highest BCUT2D eigenvalue weighted by molar-refractivity contribution is 5.77. The summed E-state index contributed by atoms with van der Waals surface area (Å²) in [5.41, 5.74) is 0.784. The van der Waals surface area contributed by atoms with Crippen molar-refractivity contribution in [3.63, 3.8) is 0 Å². The Morgan fingerprint density at radius 3 is 2.54 bits per heavy atom. The zero-order chi connectivity index (χ0) is 17.4. The van der Waals surface area contributed by atoms with Crippen LogP contribution in [0.2, 0.25) is 0 Å². The third kappa shape index (κ3) is 5.72. The lowest BCUT2D eigenvalue weighted by Gasteiger charge is -2.31. The van der Waals surface area contributed by atoms with Crippen LogP contribution < -0.4 is 10.6 Å². The lowest BCUT2D eigenvalue weighted by atomic mass is 10.1. The van der Waals surface area contributed by atoms with Crippen LogP contribution in [0, 0.1) is 5.82 Å². The Bertz CT molecular complexity index is 543. The van der Waals surface area contributed by atoms with Gasteiger partial charge in [0.15, 0.2) is 0 Å². The van der Waals surface area contributed by atoms with E-state index in [4.69, 9.17) is 4.74 Å². The maximum atomic E-state index is 12.8. The van der Waals surface area contributed by atoms with E-state index in [2.05, 4.69) is 10.6 Å². The first kappa shape index (κ1) is 18.0. The summed E-state index contributed by atoms with van der Waals surface area (Å²) in [5, 5.41) is 6.07. The van der Waals surface area contributed by atoms with Crippen LogP contribution >= 0.6 is 0 Å². The van der Waals surface area contributed by atoms with Crippen molar-refractivity contribution in [2.75, 3.05) is 31.6 Å². The highest BCUT2D eigenvalue weighted by atomic mass is 19.1. The summed E-state index contributed by atoms with van der Waals surface area (Å²) >= 11 is 0. The maximum Gasteiger partial charge on any atom is 0.409 e. The molecule has 0 radical (unpaired) electrons. The van der Waals surface area contributed by atoms with E-state index in [0.29, 0.717) is 32.7 Å². The molecule has 1 aromatic carbocycles. The molecule has 7 heteroatoms. The van der Waals surface area contributed by atoms with E-state index >= 15 is 0 Å². The number of piperidine rings is 1. The molecule has 0 unspecified atom stereocenters. The molecule has 1 aromatic rings. The van der Waals surface area contributed by atoms with Crippen LogP contribution in [0.25, 0.3) is 0 Å². The predicted octanol–water partition coefficient (Wildman–Crippen LogP) is 2.36. The fraction of sp³-hybridized carbons (Fsp3) is 0.529. The number of hydrogen-bond donors (Lipinski definition) is 2. The summed E-state index contributed by atoms with van der Waals surface area (Å²) in [5.74, 6) is -0.313. The summed E-state index contributed by atoms with van der Waals surface area (Å²) in [6, 6.07) is 6.12. The average Bonchev–Trinajstić information content (AvgIpc) is 2.57. The topological polar surface area (TPSA) is 70.7 Å². The summed E-state index contributed by atoms with van der Waals surface area (Å²) in [6.45, 7) is 3.83. The van der Waals surface area contributed by atoms with Crippen LogP contribution in [0.4, 0.5) is 14.9 Å². The van der Waals surface area contributed by atoms with Gasteiger partial charge in [-0.2, -0.15) is 0 Å². The fourth-order valence-electron chi connectivity index (χ4n) is 2.61. The summed E-state index contributed by atoms with van der Waals surface area (Å²) in [4.78, 5) is 25.2. The van der Waals surface area contributed by atoms with Crippen molar-refractivity contribution in [3.8, 4) is 0 Å². The number of ether oxygens (including phenoxy) is 1. The number of amides is 2. The van der Waals surface area contributed by atoms with Gasteiger partial charge in [0.25, 0.3) is 0 Å². The summed E-state index contributed by atoms with van der Waals surface area (Å²) in [6.07, 6.45) is 1.52. The molecule has 0 aromatic heterocycles. The molecular weight excluding hydrogens is 313 g/mol. The number of benzene rings is 1. The summed E-state index contributed by atoms with van der Waals surface area (Å²) < 4.78 is 17.8. The molecule has 2 rings (SSSR count). The van der Waals surface area contributed by atoms with Gasteiger partial charge in [0.2, 0.25) is 5.91 Å². The van der Waals surface area contributed by atoms with Crippen molar-refractivity contribution in [2.24, 2.45) is 0 Å². The number of hydrogen-bond acceptors (Lipinski definition) is 4. The second-order valence-corrected chi connectivity index (χ2v) is 5.71. The van der Waals surface area contributed by atoms with Gasteiger partial charge in [-0.1, -0.05) is 0 Å². The van der Waals surface area contributed by atoms with Crippen molar-refractivity contribution < 1.29 is 18.7 Å². The number of anilines is 1. The van der Waals surface area contributed by atoms with Gasteiger partial charge < -0.3 is 20.3 Å². The van der Waals surface area contributed by atoms with E-state index in [1.165, 1.54) is 12.1 Å². The van der Waals surface area contributed by atoms with Crippen molar-refractivity contribution in [1.29, 1.82) is 0 Å². The van der Waals surface area contributed by atoms with Crippen molar-refractivity contribution in [1.82, 2.24) is 10.2 Å². The first-order chi connectivity index (χ1) is 11.6. The predicted molar refractivity (Wildman–Crippen MR) is 89.3 cm³/mol. The number of nitrogens with zero attached hydrogens (tertiary/aromatic N) is 1. The van der Waals surface area contributed by atoms with Gasteiger partial charge in [-0.05, 0) is 44.0 Å². The van der Waals surface area contributed by atoms with E-state index in [9.17, 15) is 14.0 Å². The molecule has 0 bridgehead atoms. The monoisotopic (exact) mass is 337 g/mol. The van der Waals surface area contributed by atoms with Crippen LogP contribution in [-0.4, -0.2) is 49.2 Å². The van der Waals surface area contributed by atoms with Crippen LogP contribution in [0.3, 0.4) is 0 Å². The van der Waals surface area contributed by atoms with Gasteiger partial charge >= 0.3 is 6.09 Å². The Labute approximate surface area is 141 Å². The van der Waals surface area contributed by atoms with Crippen LogP contribution in [-0.2, 0) is 9.53 Å². The molecule has 2 N–H and O–H groups in total. The van der Waals surface area contributed by atoms with Gasteiger partial charge in [0.1, 0.15) is 5.82 Å². The van der Waals surface area contributed by atoms with E-state index in [0.717, 1.165) is 18.5 Å². The van der Waals surface area contributed by atoms with Crippen molar-refractivity contribution in [2.45, 2.75) is 32.2 Å². The highest BCUT2D eigenvalue weighted by Gasteiger charge is 2.24. The van der Waals surface area contributed by atoms with E-state index in [1.54, 1.807) is 24.0 Å². The minimum absolute atomic E-state index is 0.0285. The Morgan fingerprint density at radius 2 is 1.92 bits per heavy atom. The molecule has 24 heavy (non-hydrogen) atoms. The molecule has 1 heterocycles. The second-order valence-electron chi connectivity index (χ2n) is 5.71. The molecule has 0 aliphatic carbocycles. The average molecular weight is 337 g/mol. The summed E-state index contributed by atoms with van der Waals surface area (Å²) in [7, 11) is 0. The zero-order valence-electron chi connectivity index (χ0n) is 13.9. The maximum absolute atomic E-state index is 12.8. The first-order valence-electron chi connectivity index (χ1n) is 8.29. The molecule has 1 aliphatic rings. The van der Waals surface area contributed by atoms with Gasteiger partial charge in [0.05, 0.1) is 6.61 Å². The molecule has 1 saturated heterocycles. The number of likely N-dealkylation sites (tertiary alicyclic amines) is 1. The van der Waals surface area contributed by atoms with Crippen LogP contribution in [0.15, 0.2) is 24.3 Å². The first-order valence-corrected chi connectivity index (χ1v) is 8.29.